The molecule has 0 fully saturated rings. The summed E-state index contributed by atoms with van der Waals surface area (Å²) in [5, 5.41) is 0. The third kappa shape index (κ3) is 6.67. The predicted octanol–water partition coefficient (Wildman–Crippen LogP) is 11.2. The summed E-state index contributed by atoms with van der Waals surface area (Å²) in [7, 11) is 0. The molecule has 49 heavy (non-hydrogen) atoms. The van der Waals surface area contributed by atoms with Crippen LogP contribution in [-0.4, -0.2) is 19.9 Å². The molecule has 5 aromatic carbocycles. The second kappa shape index (κ2) is 13.7. The summed E-state index contributed by atoms with van der Waals surface area (Å²) in [5.41, 5.74) is 11.6. The van der Waals surface area contributed by atoms with Crippen LogP contribution in [0.5, 0.6) is 0 Å². The SMILES string of the molecule is C1=CCC=CC(c2cc(-c3cc(-c4ccccc4)nc(-c4ccccc4)n3)cc(-c3cc(-c4ccccc4)nc(-c4ccccc4)n3)c2)=C1. The Morgan fingerprint density at radius 1 is 0.347 bits per heavy atom. The van der Waals surface area contributed by atoms with E-state index < -0.39 is 0 Å². The first-order chi connectivity index (χ1) is 24.3. The zero-order valence-electron chi connectivity index (χ0n) is 26.8. The standard InChI is InChI=1S/C45H32N4/c1-2-8-18-32(17-7-1)37-27-38(42-30-40(33-19-9-3-10-20-33)46-44(48-42)35-23-13-5-14-24-35)29-39(28-37)43-31-41(34-21-11-4-12-22-34)47-45(49-43)36-25-15-6-16-26-36/h1,3-31H,2H2. The maximum absolute atomic E-state index is 5.17. The van der Waals surface area contributed by atoms with E-state index in [2.05, 4.69) is 109 Å². The van der Waals surface area contributed by atoms with Crippen LogP contribution in [-0.2, 0) is 0 Å². The second-order valence-corrected chi connectivity index (χ2v) is 11.9. The van der Waals surface area contributed by atoms with Gasteiger partial charge >= 0.3 is 0 Å². The molecule has 0 saturated carbocycles. The summed E-state index contributed by atoms with van der Waals surface area (Å²) in [6, 6.07) is 51.7. The van der Waals surface area contributed by atoms with Gasteiger partial charge < -0.3 is 0 Å². The molecule has 2 heterocycles. The fraction of sp³-hybridized carbons (Fsp3) is 0.0222. The number of allylic oxidation sites excluding steroid dienone is 6. The molecule has 7 aromatic rings. The van der Waals surface area contributed by atoms with Crippen molar-refractivity contribution in [3.05, 3.63) is 188 Å². The zero-order chi connectivity index (χ0) is 32.8. The smallest absolute Gasteiger partial charge is 0.160 e. The van der Waals surface area contributed by atoms with Gasteiger partial charge in [0, 0.05) is 33.4 Å². The van der Waals surface area contributed by atoms with Gasteiger partial charge in [0.2, 0.25) is 0 Å². The first-order valence-electron chi connectivity index (χ1n) is 16.5. The van der Waals surface area contributed by atoms with Crippen LogP contribution in [0.1, 0.15) is 12.0 Å². The van der Waals surface area contributed by atoms with Crippen LogP contribution in [0.25, 0.3) is 73.4 Å². The summed E-state index contributed by atoms with van der Waals surface area (Å²) in [5.74, 6) is 1.36. The number of hydrogen-bond donors (Lipinski definition) is 0. The summed E-state index contributed by atoms with van der Waals surface area (Å²) >= 11 is 0. The Morgan fingerprint density at radius 2 is 0.735 bits per heavy atom. The Kier molecular flexibility index (Phi) is 8.34. The van der Waals surface area contributed by atoms with Crippen molar-refractivity contribution in [3.63, 3.8) is 0 Å². The number of nitrogens with zero attached hydrogens (tertiary/aromatic N) is 4. The Morgan fingerprint density at radius 3 is 1.18 bits per heavy atom. The minimum Gasteiger partial charge on any atom is -0.228 e. The molecule has 0 amide bonds. The van der Waals surface area contributed by atoms with Crippen LogP contribution in [0.15, 0.2) is 182 Å². The lowest BCUT2D eigenvalue weighted by molar-refractivity contribution is 1.18. The van der Waals surface area contributed by atoms with E-state index in [0.717, 1.165) is 73.7 Å². The van der Waals surface area contributed by atoms with Crippen molar-refractivity contribution in [3.8, 4) is 67.8 Å². The molecule has 0 atom stereocenters. The van der Waals surface area contributed by atoms with Crippen molar-refractivity contribution in [2.75, 3.05) is 0 Å². The average molecular weight is 629 g/mol. The number of rotatable bonds is 7. The fourth-order valence-corrected chi connectivity index (χ4v) is 6.00. The summed E-state index contributed by atoms with van der Waals surface area (Å²) in [6.45, 7) is 0. The summed E-state index contributed by atoms with van der Waals surface area (Å²) in [4.78, 5) is 20.4. The Labute approximate surface area is 286 Å². The van der Waals surface area contributed by atoms with E-state index in [1.54, 1.807) is 0 Å². The molecule has 0 radical (unpaired) electrons. The van der Waals surface area contributed by atoms with Crippen molar-refractivity contribution in [2.45, 2.75) is 6.42 Å². The van der Waals surface area contributed by atoms with Crippen LogP contribution in [0.3, 0.4) is 0 Å². The predicted molar refractivity (Wildman–Crippen MR) is 201 cm³/mol. The minimum atomic E-state index is 0.681. The molecule has 0 unspecified atom stereocenters. The lowest BCUT2D eigenvalue weighted by Crippen LogP contribution is -1.98. The molecule has 8 rings (SSSR count). The van der Waals surface area contributed by atoms with Crippen LogP contribution in [0, 0.1) is 0 Å². The number of aromatic nitrogens is 4. The summed E-state index contributed by atoms with van der Waals surface area (Å²) in [6.07, 6.45) is 11.7. The third-order valence-corrected chi connectivity index (χ3v) is 8.49. The highest BCUT2D eigenvalue weighted by molar-refractivity contribution is 5.84. The van der Waals surface area contributed by atoms with Crippen LogP contribution < -0.4 is 0 Å². The van der Waals surface area contributed by atoms with Crippen LogP contribution in [0.2, 0.25) is 0 Å². The van der Waals surface area contributed by atoms with E-state index in [0.29, 0.717) is 11.6 Å². The van der Waals surface area contributed by atoms with Gasteiger partial charge in [0.15, 0.2) is 11.6 Å². The molecule has 1 aliphatic rings. The highest BCUT2D eigenvalue weighted by Crippen LogP contribution is 2.35. The van der Waals surface area contributed by atoms with Gasteiger partial charge in [0.1, 0.15) is 0 Å². The molecule has 232 valence electrons. The maximum Gasteiger partial charge on any atom is 0.160 e. The first kappa shape index (κ1) is 29.9. The normalized spacial score (nSPS) is 12.4. The van der Waals surface area contributed by atoms with Gasteiger partial charge in [-0.3, -0.25) is 0 Å². The van der Waals surface area contributed by atoms with Crippen molar-refractivity contribution in [1.82, 2.24) is 19.9 Å². The van der Waals surface area contributed by atoms with Gasteiger partial charge in [-0.2, -0.15) is 0 Å². The summed E-state index contributed by atoms with van der Waals surface area (Å²) < 4.78 is 0. The van der Waals surface area contributed by atoms with Gasteiger partial charge in [0.05, 0.1) is 22.8 Å². The van der Waals surface area contributed by atoms with Gasteiger partial charge in [-0.25, -0.2) is 19.9 Å². The number of benzene rings is 5. The largest absolute Gasteiger partial charge is 0.228 e. The van der Waals surface area contributed by atoms with Crippen LogP contribution >= 0.6 is 0 Å². The molecule has 0 bridgehead atoms. The topological polar surface area (TPSA) is 51.6 Å². The molecule has 4 heteroatoms. The monoisotopic (exact) mass is 628 g/mol. The first-order valence-corrected chi connectivity index (χ1v) is 16.5. The van der Waals surface area contributed by atoms with E-state index in [9.17, 15) is 0 Å². The number of hydrogen-bond acceptors (Lipinski definition) is 4. The average Bonchev–Trinajstić information content (AvgIpc) is 3.49. The lowest BCUT2D eigenvalue weighted by Gasteiger charge is -2.14. The molecular formula is C45H32N4. The minimum absolute atomic E-state index is 0.681. The van der Waals surface area contributed by atoms with Crippen molar-refractivity contribution in [2.24, 2.45) is 0 Å². The van der Waals surface area contributed by atoms with Gasteiger partial charge in [-0.1, -0.05) is 152 Å². The van der Waals surface area contributed by atoms with E-state index in [4.69, 9.17) is 19.9 Å². The van der Waals surface area contributed by atoms with Crippen LogP contribution in [0.4, 0.5) is 0 Å². The Hall–Kier alpha value is -6.52. The van der Waals surface area contributed by atoms with Crippen molar-refractivity contribution >= 4 is 5.57 Å². The molecule has 0 saturated heterocycles. The van der Waals surface area contributed by atoms with Gasteiger partial charge in [-0.15, -0.1) is 0 Å². The molecule has 1 aliphatic carbocycles. The van der Waals surface area contributed by atoms with E-state index in [1.807, 2.05) is 72.8 Å². The van der Waals surface area contributed by atoms with Gasteiger partial charge in [0.25, 0.3) is 0 Å². The highest BCUT2D eigenvalue weighted by atomic mass is 14.9. The van der Waals surface area contributed by atoms with Crippen molar-refractivity contribution in [1.29, 1.82) is 0 Å². The molecule has 0 N–H and O–H groups in total. The van der Waals surface area contributed by atoms with E-state index in [1.165, 1.54) is 0 Å². The molecule has 0 spiro atoms. The second-order valence-electron chi connectivity index (χ2n) is 11.9. The van der Waals surface area contributed by atoms with Gasteiger partial charge in [-0.05, 0) is 47.9 Å². The molecule has 4 nitrogen and oxygen atoms in total. The quantitative estimate of drug-likeness (QED) is 0.176. The molecule has 0 aliphatic heterocycles. The third-order valence-electron chi connectivity index (χ3n) is 8.49. The molecule has 2 aromatic heterocycles. The Balaban J connectivity index is 1.36. The fourth-order valence-electron chi connectivity index (χ4n) is 6.00. The molecular weight excluding hydrogens is 597 g/mol. The highest BCUT2D eigenvalue weighted by Gasteiger charge is 2.16. The zero-order valence-corrected chi connectivity index (χ0v) is 26.8. The van der Waals surface area contributed by atoms with E-state index in [-0.39, 0.29) is 0 Å². The maximum atomic E-state index is 5.17. The Bertz CT molecular complexity index is 2070. The van der Waals surface area contributed by atoms with E-state index >= 15 is 0 Å². The lowest BCUT2D eigenvalue weighted by atomic mass is 9.95. The van der Waals surface area contributed by atoms with Crippen molar-refractivity contribution < 1.29 is 0 Å².